The lowest BCUT2D eigenvalue weighted by atomic mass is 10.0. The maximum atomic E-state index is 13.0. The van der Waals surface area contributed by atoms with Crippen LogP contribution in [0.5, 0.6) is 0 Å². The summed E-state index contributed by atoms with van der Waals surface area (Å²) in [5.74, 6) is 0.471. The molecule has 1 aliphatic rings. The molecular weight excluding hydrogens is 458 g/mol. The smallest absolute Gasteiger partial charge is 0.317 e. The van der Waals surface area contributed by atoms with Gasteiger partial charge in [-0.15, -0.1) is 15.3 Å². The molecule has 0 aliphatic carbocycles. The average molecular weight is 477 g/mol. The molecule has 11 heteroatoms. The molecule has 5 aromatic rings. The molecule has 0 radical (unpaired) electrons. The van der Waals surface area contributed by atoms with Crippen LogP contribution < -0.4 is 10.6 Å². The molecule has 176 valence electrons. The van der Waals surface area contributed by atoms with Gasteiger partial charge in [0.25, 0.3) is 5.91 Å². The minimum absolute atomic E-state index is 0.0759. The maximum Gasteiger partial charge on any atom is 0.317 e. The van der Waals surface area contributed by atoms with Crippen molar-refractivity contribution in [2.24, 2.45) is 12.0 Å². The summed E-state index contributed by atoms with van der Waals surface area (Å²) >= 11 is 0. The molecule has 2 N–H and O–H groups in total. The molecule has 1 amide bonds. The monoisotopic (exact) mass is 477 g/mol. The Labute approximate surface area is 204 Å². The third-order valence-electron chi connectivity index (χ3n) is 5.58. The van der Waals surface area contributed by atoms with Crippen LogP contribution >= 0.6 is 0 Å². The Morgan fingerprint density at radius 1 is 0.861 bits per heavy atom. The fourth-order valence-electron chi connectivity index (χ4n) is 3.86. The highest BCUT2D eigenvalue weighted by molar-refractivity contribution is 6.19. The first-order valence-corrected chi connectivity index (χ1v) is 11.1. The number of nitrogens with one attached hydrogen (secondary N) is 2. The van der Waals surface area contributed by atoms with E-state index in [1.165, 1.54) is 4.80 Å². The van der Waals surface area contributed by atoms with Crippen molar-refractivity contribution in [2.75, 3.05) is 10.6 Å². The molecule has 6 rings (SSSR count). The van der Waals surface area contributed by atoms with Gasteiger partial charge in [-0.05, 0) is 23.4 Å². The maximum absolute atomic E-state index is 13.0. The number of aryl methyl sites for hydroxylation is 1. The summed E-state index contributed by atoms with van der Waals surface area (Å²) in [4.78, 5) is 19.2. The molecule has 3 heterocycles. The van der Waals surface area contributed by atoms with Crippen LogP contribution in [0.1, 0.15) is 11.1 Å². The van der Waals surface area contributed by atoms with Crippen molar-refractivity contribution in [3.8, 4) is 22.8 Å². The molecule has 11 nitrogen and oxygen atoms in total. The highest BCUT2D eigenvalue weighted by atomic mass is 16.4. The number of carbonyl (C=O) groups excluding carboxylic acids is 1. The minimum Gasteiger partial charge on any atom is -0.403 e. The van der Waals surface area contributed by atoms with Gasteiger partial charge >= 0.3 is 6.01 Å². The average Bonchev–Trinajstić information content (AvgIpc) is 3.53. The van der Waals surface area contributed by atoms with Crippen molar-refractivity contribution in [3.05, 3.63) is 90.0 Å². The number of aromatic nitrogens is 6. The lowest BCUT2D eigenvalue weighted by molar-refractivity contribution is -0.116. The van der Waals surface area contributed by atoms with Gasteiger partial charge in [0, 0.05) is 22.3 Å². The van der Waals surface area contributed by atoms with Crippen LogP contribution in [-0.4, -0.2) is 48.2 Å². The zero-order valence-corrected chi connectivity index (χ0v) is 19.0. The predicted octanol–water partition coefficient (Wildman–Crippen LogP) is 3.15. The topological polar surface area (TPSA) is 136 Å². The van der Waals surface area contributed by atoms with E-state index in [4.69, 9.17) is 9.41 Å². The quantitative estimate of drug-likeness (QED) is 0.394. The molecule has 1 unspecified atom stereocenters. The van der Waals surface area contributed by atoms with Gasteiger partial charge in [-0.3, -0.25) is 4.79 Å². The summed E-state index contributed by atoms with van der Waals surface area (Å²) in [7, 11) is 1.71. The molecule has 0 saturated carbocycles. The molecule has 3 aromatic carbocycles. The van der Waals surface area contributed by atoms with Gasteiger partial charge in [0.15, 0.2) is 0 Å². The Kier molecular flexibility index (Phi) is 5.26. The second kappa shape index (κ2) is 8.87. The van der Waals surface area contributed by atoms with Crippen LogP contribution in [0, 0.1) is 0 Å². The zero-order valence-electron chi connectivity index (χ0n) is 19.0. The summed E-state index contributed by atoms with van der Waals surface area (Å²) in [5.41, 5.74) is 4.58. The number of carbonyl (C=O) groups is 1. The number of aliphatic imine (C=N–C) groups is 1. The number of fused-ring (bicyclic) bond motifs is 1. The lowest BCUT2D eigenvalue weighted by Crippen LogP contribution is -2.32. The van der Waals surface area contributed by atoms with Crippen LogP contribution in [0.15, 0.2) is 88.3 Å². The van der Waals surface area contributed by atoms with Crippen LogP contribution in [-0.2, 0) is 11.8 Å². The Morgan fingerprint density at radius 3 is 2.39 bits per heavy atom. The number of nitrogens with zero attached hydrogens (tertiary/aromatic N) is 7. The molecule has 2 aromatic heterocycles. The van der Waals surface area contributed by atoms with Crippen LogP contribution in [0.4, 0.5) is 11.7 Å². The van der Waals surface area contributed by atoms with Crippen LogP contribution in [0.25, 0.3) is 22.8 Å². The standard InChI is InChI=1S/C25H19N9O2/c1-34-32-21(29-33-34)16-11-13-17(14-12-16)24-30-31-25(36-24)28-22-23(35)26-19-10-6-5-9-18(19)20(27-22)15-7-3-2-4-8-15/h2-14,22H,1H3,(H,26,35)(H,28,31). The molecule has 0 spiro atoms. The van der Waals surface area contributed by atoms with E-state index >= 15 is 0 Å². The minimum atomic E-state index is -0.981. The highest BCUT2D eigenvalue weighted by Gasteiger charge is 2.27. The van der Waals surface area contributed by atoms with Crippen molar-refractivity contribution in [1.29, 1.82) is 0 Å². The molecule has 0 bridgehead atoms. The highest BCUT2D eigenvalue weighted by Crippen LogP contribution is 2.26. The summed E-state index contributed by atoms with van der Waals surface area (Å²) in [6.45, 7) is 0. The van der Waals surface area contributed by atoms with Crippen LogP contribution in [0.3, 0.4) is 0 Å². The first-order chi connectivity index (χ1) is 17.6. The van der Waals surface area contributed by atoms with E-state index in [0.29, 0.717) is 28.7 Å². The Bertz CT molecular complexity index is 1570. The van der Waals surface area contributed by atoms with E-state index in [2.05, 4.69) is 36.2 Å². The van der Waals surface area contributed by atoms with E-state index in [1.807, 2.05) is 78.9 Å². The summed E-state index contributed by atoms with van der Waals surface area (Å²) in [6, 6.07) is 24.7. The third-order valence-corrected chi connectivity index (χ3v) is 5.58. The number of rotatable bonds is 5. The number of anilines is 2. The molecular formula is C25H19N9O2. The fraction of sp³-hybridized carbons (Fsp3) is 0.0800. The fourth-order valence-corrected chi connectivity index (χ4v) is 3.86. The summed E-state index contributed by atoms with van der Waals surface area (Å²) < 4.78 is 5.80. The van der Waals surface area contributed by atoms with Crippen LogP contribution in [0.2, 0.25) is 0 Å². The number of hydrogen-bond acceptors (Lipinski definition) is 9. The molecule has 0 saturated heterocycles. The third kappa shape index (κ3) is 4.09. The van der Waals surface area contributed by atoms with Gasteiger partial charge < -0.3 is 15.1 Å². The van der Waals surface area contributed by atoms with Gasteiger partial charge in [-0.2, -0.15) is 4.80 Å². The SMILES string of the molecule is Cn1nnc(-c2ccc(-c3nnc(NC4N=C(c5ccccc5)c5ccccc5NC4=O)o3)cc2)n1. The zero-order chi connectivity index (χ0) is 24.5. The first-order valence-electron chi connectivity index (χ1n) is 11.1. The Hall–Kier alpha value is -5.19. The normalized spacial score (nSPS) is 15.0. The predicted molar refractivity (Wildman–Crippen MR) is 132 cm³/mol. The van der Waals surface area contributed by atoms with E-state index in [9.17, 15) is 4.79 Å². The first kappa shape index (κ1) is 21.4. The number of tetrazole rings is 1. The van der Waals surface area contributed by atoms with Gasteiger partial charge in [0.1, 0.15) is 0 Å². The van der Waals surface area contributed by atoms with E-state index < -0.39 is 6.17 Å². The van der Waals surface area contributed by atoms with Crippen molar-refractivity contribution in [1.82, 2.24) is 30.4 Å². The summed E-state index contributed by atoms with van der Waals surface area (Å²) in [5, 5.41) is 26.1. The molecule has 1 atom stereocenters. The Balaban J connectivity index is 1.28. The van der Waals surface area contributed by atoms with Crippen molar-refractivity contribution in [2.45, 2.75) is 6.17 Å². The van der Waals surface area contributed by atoms with Crippen molar-refractivity contribution < 1.29 is 9.21 Å². The van der Waals surface area contributed by atoms with Gasteiger partial charge in [0.05, 0.1) is 18.4 Å². The second-order valence-electron chi connectivity index (χ2n) is 8.02. The van der Waals surface area contributed by atoms with E-state index in [-0.39, 0.29) is 11.9 Å². The van der Waals surface area contributed by atoms with Gasteiger partial charge in [-0.25, -0.2) is 4.99 Å². The van der Waals surface area contributed by atoms with Gasteiger partial charge in [-0.1, -0.05) is 65.8 Å². The number of benzene rings is 3. The number of hydrogen-bond donors (Lipinski definition) is 2. The van der Waals surface area contributed by atoms with Gasteiger partial charge in [0.2, 0.25) is 17.9 Å². The second-order valence-corrected chi connectivity index (χ2v) is 8.02. The molecule has 0 fully saturated rings. The lowest BCUT2D eigenvalue weighted by Gasteiger charge is -2.11. The van der Waals surface area contributed by atoms with Crippen molar-refractivity contribution >= 4 is 23.3 Å². The van der Waals surface area contributed by atoms with E-state index in [0.717, 1.165) is 16.7 Å². The number of benzodiazepines with no additional fused rings is 1. The number of amides is 1. The summed E-state index contributed by atoms with van der Waals surface area (Å²) in [6.07, 6.45) is -0.981. The van der Waals surface area contributed by atoms with E-state index in [1.54, 1.807) is 7.05 Å². The largest absolute Gasteiger partial charge is 0.403 e. The molecule has 36 heavy (non-hydrogen) atoms. The Morgan fingerprint density at radius 2 is 1.61 bits per heavy atom. The number of para-hydroxylation sites is 1. The van der Waals surface area contributed by atoms with Crippen molar-refractivity contribution in [3.63, 3.8) is 0 Å². The molecule has 1 aliphatic heterocycles.